The minimum Gasteiger partial charge on any atom is -0.481 e. The van der Waals surface area contributed by atoms with E-state index in [0.29, 0.717) is 12.3 Å². The maximum atomic E-state index is 11.7. The van der Waals surface area contributed by atoms with Crippen molar-refractivity contribution in [2.45, 2.75) is 83.3 Å². The molecule has 3 saturated carbocycles. The number of rotatable bonds is 6. The topological polar surface area (TPSA) is 69.9 Å². The van der Waals surface area contributed by atoms with Crippen molar-refractivity contribution in [1.82, 2.24) is 0 Å². The number of aliphatic carboxylic acids is 1. The zero-order chi connectivity index (χ0) is 20.1. The third-order valence-corrected chi connectivity index (χ3v) is 8.04. The first kappa shape index (κ1) is 19.6. The molecule has 5 unspecified atom stereocenters. The number of aliphatic hydroxyl groups is 1. The largest absolute Gasteiger partial charge is 0.481 e. The van der Waals surface area contributed by atoms with Gasteiger partial charge in [-0.05, 0) is 60.5 Å². The van der Waals surface area contributed by atoms with Crippen LogP contribution < -0.4 is 0 Å². The summed E-state index contributed by atoms with van der Waals surface area (Å²) >= 11 is 0. The van der Waals surface area contributed by atoms with Gasteiger partial charge in [0.2, 0.25) is 0 Å². The second-order valence-electron chi connectivity index (χ2n) is 9.86. The van der Waals surface area contributed by atoms with Crippen molar-refractivity contribution in [2.24, 2.45) is 22.2 Å². The number of carboxylic acids is 1. The van der Waals surface area contributed by atoms with Gasteiger partial charge in [-0.15, -0.1) is 0 Å². The third kappa shape index (κ3) is 3.20. The number of carbonyl (C=O) groups is 1. The molecule has 0 spiro atoms. The average molecular weight is 384 g/mol. The number of fused-ring (bicyclic) bond motifs is 3. The van der Waals surface area contributed by atoms with E-state index in [4.69, 9.17) is 4.99 Å². The molecule has 28 heavy (non-hydrogen) atoms. The summed E-state index contributed by atoms with van der Waals surface area (Å²) in [5.41, 5.74) is 3.20. The molecule has 0 saturated heterocycles. The van der Waals surface area contributed by atoms with E-state index >= 15 is 0 Å². The summed E-state index contributed by atoms with van der Waals surface area (Å²) in [6.07, 6.45) is 5.42. The highest BCUT2D eigenvalue weighted by molar-refractivity contribution is 5.97. The molecule has 0 aromatic heterocycles. The van der Waals surface area contributed by atoms with Crippen LogP contribution >= 0.6 is 0 Å². The zero-order valence-corrected chi connectivity index (χ0v) is 17.3. The van der Waals surface area contributed by atoms with E-state index in [1.54, 1.807) is 0 Å². The Bertz CT molecular complexity index is 797. The smallest absolute Gasteiger partial charge is 0.305 e. The van der Waals surface area contributed by atoms with Gasteiger partial charge in [-0.2, -0.15) is 0 Å². The van der Waals surface area contributed by atoms with Gasteiger partial charge in [0.15, 0.2) is 0 Å². The van der Waals surface area contributed by atoms with Crippen molar-refractivity contribution >= 4 is 11.7 Å². The van der Waals surface area contributed by atoms with Crippen LogP contribution in [-0.4, -0.2) is 33.5 Å². The Morgan fingerprint density at radius 3 is 2.71 bits per heavy atom. The van der Waals surface area contributed by atoms with Crippen molar-refractivity contribution in [3.63, 3.8) is 0 Å². The molecule has 0 heterocycles. The molecule has 4 aliphatic carbocycles. The lowest BCUT2D eigenvalue weighted by Gasteiger charge is -2.64. The third-order valence-electron chi connectivity index (χ3n) is 8.04. The van der Waals surface area contributed by atoms with E-state index in [9.17, 15) is 15.0 Å². The zero-order valence-electron chi connectivity index (χ0n) is 17.3. The van der Waals surface area contributed by atoms with Crippen molar-refractivity contribution in [2.75, 3.05) is 0 Å². The summed E-state index contributed by atoms with van der Waals surface area (Å²) in [6.45, 7) is 6.63. The van der Waals surface area contributed by atoms with E-state index in [1.165, 1.54) is 11.1 Å². The Morgan fingerprint density at radius 1 is 1.32 bits per heavy atom. The Kier molecular flexibility index (Phi) is 4.89. The molecular formula is C24H33NO3. The van der Waals surface area contributed by atoms with E-state index in [0.717, 1.165) is 43.7 Å². The van der Waals surface area contributed by atoms with Crippen LogP contribution in [0, 0.1) is 17.3 Å². The molecule has 0 radical (unpaired) electrons. The quantitative estimate of drug-likeness (QED) is 0.754. The predicted octanol–water partition coefficient (Wildman–Crippen LogP) is 4.60. The van der Waals surface area contributed by atoms with E-state index in [-0.39, 0.29) is 23.8 Å². The highest BCUT2D eigenvalue weighted by Gasteiger charge is 2.61. The van der Waals surface area contributed by atoms with Gasteiger partial charge in [0.1, 0.15) is 0 Å². The molecule has 4 aliphatic rings. The molecule has 0 aliphatic heterocycles. The van der Waals surface area contributed by atoms with E-state index < -0.39 is 11.6 Å². The van der Waals surface area contributed by atoms with Crippen LogP contribution in [0.4, 0.5) is 0 Å². The van der Waals surface area contributed by atoms with Gasteiger partial charge in [-0.1, -0.05) is 45.0 Å². The maximum Gasteiger partial charge on any atom is 0.305 e. The Morgan fingerprint density at radius 2 is 2.07 bits per heavy atom. The molecule has 4 nitrogen and oxygen atoms in total. The van der Waals surface area contributed by atoms with E-state index in [1.807, 2.05) is 6.92 Å². The van der Waals surface area contributed by atoms with Crippen molar-refractivity contribution in [3.05, 3.63) is 35.4 Å². The number of hydrogen-bond acceptors (Lipinski definition) is 3. The van der Waals surface area contributed by atoms with Crippen molar-refractivity contribution in [1.29, 1.82) is 0 Å². The molecule has 2 N–H and O–H groups in total. The maximum absolute atomic E-state index is 11.7. The van der Waals surface area contributed by atoms with Crippen LogP contribution in [0.2, 0.25) is 0 Å². The van der Waals surface area contributed by atoms with Crippen LogP contribution in [-0.2, 0) is 11.2 Å². The minimum atomic E-state index is -0.795. The number of hydrogen-bond donors (Lipinski definition) is 2. The number of carboxylic acid groups (broad SMARTS) is 1. The summed E-state index contributed by atoms with van der Waals surface area (Å²) in [5.74, 6) is 0.420. The lowest BCUT2D eigenvalue weighted by Crippen LogP contribution is -2.61. The fourth-order valence-electron chi connectivity index (χ4n) is 6.23. The fourth-order valence-corrected chi connectivity index (χ4v) is 6.23. The minimum absolute atomic E-state index is 0.0741. The van der Waals surface area contributed by atoms with Gasteiger partial charge in [0.05, 0.1) is 18.1 Å². The second kappa shape index (κ2) is 6.98. The summed E-state index contributed by atoms with van der Waals surface area (Å²) in [7, 11) is 0. The first-order valence-electron chi connectivity index (χ1n) is 10.8. The second-order valence-corrected chi connectivity index (χ2v) is 9.86. The molecule has 1 aromatic rings. The molecular weight excluding hydrogens is 350 g/mol. The van der Waals surface area contributed by atoms with Gasteiger partial charge < -0.3 is 10.2 Å². The number of nitrogens with zero attached hydrogens (tertiary/aromatic N) is 1. The van der Waals surface area contributed by atoms with Crippen LogP contribution in [0.1, 0.15) is 76.3 Å². The molecule has 1 aromatic carbocycles. The molecule has 2 bridgehead atoms. The van der Waals surface area contributed by atoms with Gasteiger partial charge in [0, 0.05) is 18.1 Å². The Balaban J connectivity index is 1.64. The molecule has 152 valence electrons. The Labute approximate surface area is 168 Å². The molecule has 0 amide bonds. The fraction of sp³-hybridized carbons (Fsp3) is 0.667. The summed E-state index contributed by atoms with van der Waals surface area (Å²) in [6, 6.07) is 8.26. The molecule has 5 atom stereocenters. The van der Waals surface area contributed by atoms with Crippen LogP contribution in [0.25, 0.3) is 0 Å². The van der Waals surface area contributed by atoms with Gasteiger partial charge in [-0.3, -0.25) is 9.79 Å². The highest BCUT2D eigenvalue weighted by Crippen LogP contribution is 2.64. The van der Waals surface area contributed by atoms with Crippen LogP contribution in [0.15, 0.2) is 29.3 Å². The SMILES string of the molecule is CCC(CC(=O)O)N=C1Cc2ccccc2C1CC1(O)CCC2CC1C2(C)C. The normalized spacial score (nSPS) is 35.3. The number of benzene rings is 1. The first-order chi connectivity index (χ1) is 13.2. The van der Waals surface area contributed by atoms with Crippen molar-refractivity contribution < 1.29 is 15.0 Å². The highest BCUT2D eigenvalue weighted by atomic mass is 16.4. The van der Waals surface area contributed by atoms with Crippen LogP contribution in [0.3, 0.4) is 0 Å². The lowest BCUT2D eigenvalue weighted by atomic mass is 9.43. The van der Waals surface area contributed by atoms with Gasteiger partial charge in [0.25, 0.3) is 0 Å². The van der Waals surface area contributed by atoms with Crippen LogP contribution in [0.5, 0.6) is 0 Å². The molecule has 3 fully saturated rings. The lowest BCUT2D eigenvalue weighted by molar-refractivity contribution is -0.205. The standard InChI is InChI=1S/C24H33NO3/c1-4-17(13-22(26)27)25-20-11-15-7-5-6-8-18(15)19(20)14-24(28)10-9-16-12-21(24)23(16,2)3/h5-8,16-17,19,21,28H,4,9-14H2,1-3H3,(H,26,27). The molecule has 4 heteroatoms. The van der Waals surface area contributed by atoms with Gasteiger partial charge >= 0.3 is 5.97 Å². The van der Waals surface area contributed by atoms with Gasteiger partial charge in [-0.25, -0.2) is 0 Å². The number of aliphatic imine (C=N–C) groups is 1. The predicted molar refractivity (Wildman–Crippen MR) is 111 cm³/mol. The molecule has 5 rings (SSSR count). The summed E-state index contributed by atoms with van der Waals surface area (Å²) in [4.78, 5) is 16.1. The summed E-state index contributed by atoms with van der Waals surface area (Å²) in [5, 5.41) is 20.9. The monoisotopic (exact) mass is 383 g/mol. The summed E-state index contributed by atoms with van der Waals surface area (Å²) < 4.78 is 0. The van der Waals surface area contributed by atoms with Crippen molar-refractivity contribution in [3.8, 4) is 0 Å². The first-order valence-corrected chi connectivity index (χ1v) is 10.8. The average Bonchev–Trinajstić information content (AvgIpc) is 2.97. The van der Waals surface area contributed by atoms with E-state index in [2.05, 4.69) is 38.1 Å². The Hall–Kier alpha value is -1.68.